The first kappa shape index (κ1) is 9.65. The molecule has 3 nitrogen and oxygen atoms in total. The van der Waals surface area contributed by atoms with E-state index in [0.29, 0.717) is 5.56 Å². The first-order chi connectivity index (χ1) is 7.33. The van der Waals surface area contributed by atoms with E-state index < -0.39 is 0 Å². The molecule has 3 heteroatoms. The van der Waals surface area contributed by atoms with Gasteiger partial charge in [0.05, 0.1) is 12.0 Å². The molecule has 76 valence electrons. The Kier molecular flexibility index (Phi) is 2.63. The zero-order valence-corrected chi connectivity index (χ0v) is 8.55. The van der Waals surface area contributed by atoms with E-state index in [4.69, 9.17) is 0 Å². The third kappa shape index (κ3) is 1.96. The molecule has 2 aromatic rings. The third-order valence-electron chi connectivity index (χ3n) is 2.32. The van der Waals surface area contributed by atoms with Gasteiger partial charge in [-0.1, -0.05) is 18.2 Å². The molecule has 0 spiro atoms. The van der Waals surface area contributed by atoms with E-state index in [-0.39, 0.29) is 0 Å². The molecule has 0 unspecified atom stereocenters. The summed E-state index contributed by atoms with van der Waals surface area (Å²) in [6, 6.07) is 7.45. The van der Waals surface area contributed by atoms with Crippen LogP contribution < -0.4 is 0 Å². The molecule has 2 rings (SSSR count). The number of imidazole rings is 1. The Morgan fingerprint density at radius 1 is 1.47 bits per heavy atom. The largest absolute Gasteiger partial charge is 0.337 e. The van der Waals surface area contributed by atoms with Crippen molar-refractivity contribution in [2.24, 2.45) is 0 Å². The number of hydrogen-bond donors (Lipinski definition) is 0. The van der Waals surface area contributed by atoms with E-state index >= 15 is 0 Å². The van der Waals surface area contributed by atoms with Crippen LogP contribution in [0.25, 0.3) is 11.3 Å². The fourth-order valence-corrected chi connectivity index (χ4v) is 1.45. The Balaban J connectivity index is 2.39. The predicted molar refractivity (Wildman–Crippen MR) is 58.7 cm³/mol. The summed E-state index contributed by atoms with van der Waals surface area (Å²) in [6.07, 6.45) is 4.62. The minimum absolute atomic E-state index is 0.679. The fraction of sp³-hybridized carbons (Fsp3) is 0.167. The molecule has 0 fully saturated rings. The highest BCUT2D eigenvalue weighted by Crippen LogP contribution is 2.17. The zero-order chi connectivity index (χ0) is 10.7. The van der Waals surface area contributed by atoms with E-state index in [1.807, 2.05) is 29.0 Å². The van der Waals surface area contributed by atoms with E-state index in [9.17, 15) is 4.79 Å². The molecule has 0 atom stereocenters. The highest BCUT2D eigenvalue weighted by molar-refractivity contribution is 5.78. The molecule has 0 bridgehead atoms. The molecule has 0 aliphatic carbocycles. The van der Waals surface area contributed by atoms with Crippen molar-refractivity contribution < 1.29 is 4.79 Å². The summed E-state index contributed by atoms with van der Waals surface area (Å²) in [6.45, 7) is 2.97. The Morgan fingerprint density at radius 2 is 2.33 bits per heavy atom. The molecule has 15 heavy (non-hydrogen) atoms. The van der Waals surface area contributed by atoms with Gasteiger partial charge >= 0.3 is 0 Å². The molecule has 0 radical (unpaired) electrons. The van der Waals surface area contributed by atoms with Gasteiger partial charge in [0.15, 0.2) is 0 Å². The van der Waals surface area contributed by atoms with Gasteiger partial charge < -0.3 is 4.57 Å². The van der Waals surface area contributed by atoms with Crippen molar-refractivity contribution in [3.8, 4) is 11.3 Å². The summed E-state index contributed by atoms with van der Waals surface area (Å²) < 4.78 is 2.00. The summed E-state index contributed by atoms with van der Waals surface area (Å²) >= 11 is 0. The molecule has 1 aromatic carbocycles. The highest BCUT2D eigenvalue weighted by Gasteiger charge is 2.01. The summed E-state index contributed by atoms with van der Waals surface area (Å²) in [7, 11) is 0. The summed E-state index contributed by atoms with van der Waals surface area (Å²) in [4.78, 5) is 14.9. The number of nitrogens with zero attached hydrogens (tertiary/aromatic N) is 2. The molecule has 0 amide bonds. The first-order valence-electron chi connectivity index (χ1n) is 4.91. The van der Waals surface area contributed by atoms with Crippen LogP contribution in [0.4, 0.5) is 0 Å². The maximum atomic E-state index is 10.6. The Labute approximate surface area is 88.4 Å². The van der Waals surface area contributed by atoms with Gasteiger partial charge in [0.1, 0.15) is 6.29 Å². The van der Waals surface area contributed by atoms with Gasteiger partial charge in [-0.2, -0.15) is 0 Å². The lowest BCUT2D eigenvalue weighted by Gasteiger charge is -1.97. The van der Waals surface area contributed by atoms with Crippen LogP contribution in [0, 0.1) is 0 Å². The van der Waals surface area contributed by atoms with Crippen molar-refractivity contribution in [1.82, 2.24) is 9.55 Å². The van der Waals surface area contributed by atoms with Crippen LogP contribution in [0.5, 0.6) is 0 Å². The molecule has 0 saturated carbocycles. The monoisotopic (exact) mass is 200 g/mol. The van der Waals surface area contributed by atoms with Crippen molar-refractivity contribution in [3.05, 3.63) is 42.4 Å². The number of aldehydes is 1. The molecule has 0 aliphatic rings. The van der Waals surface area contributed by atoms with Crippen LogP contribution >= 0.6 is 0 Å². The topological polar surface area (TPSA) is 34.9 Å². The average Bonchev–Trinajstić information content (AvgIpc) is 2.78. The molecular formula is C12H12N2O. The van der Waals surface area contributed by atoms with Crippen LogP contribution in [0.2, 0.25) is 0 Å². The lowest BCUT2D eigenvalue weighted by atomic mass is 10.1. The van der Waals surface area contributed by atoms with Gasteiger partial charge in [0.2, 0.25) is 0 Å². The average molecular weight is 200 g/mol. The van der Waals surface area contributed by atoms with Gasteiger partial charge in [0.25, 0.3) is 0 Å². The number of rotatable bonds is 3. The number of benzene rings is 1. The Morgan fingerprint density at radius 3 is 3.00 bits per heavy atom. The van der Waals surface area contributed by atoms with Crippen LogP contribution in [-0.4, -0.2) is 15.8 Å². The number of aromatic nitrogens is 2. The smallest absolute Gasteiger partial charge is 0.150 e. The molecular weight excluding hydrogens is 188 g/mol. The van der Waals surface area contributed by atoms with Gasteiger partial charge in [-0.3, -0.25) is 4.79 Å². The molecule has 0 aliphatic heterocycles. The molecule has 0 saturated heterocycles. The van der Waals surface area contributed by atoms with E-state index in [1.165, 1.54) is 0 Å². The molecule has 1 aromatic heterocycles. The first-order valence-corrected chi connectivity index (χ1v) is 4.91. The van der Waals surface area contributed by atoms with Crippen LogP contribution in [0.3, 0.4) is 0 Å². The number of carbonyl (C=O) groups excluding carboxylic acids is 1. The van der Waals surface area contributed by atoms with Crippen molar-refractivity contribution in [3.63, 3.8) is 0 Å². The lowest BCUT2D eigenvalue weighted by Crippen LogP contribution is -1.87. The summed E-state index contributed by atoms with van der Waals surface area (Å²) in [5.74, 6) is 0. The Hall–Kier alpha value is -1.90. The van der Waals surface area contributed by atoms with E-state index in [2.05, 4.69) is 11.9 Å². The number of hydrogen-bond acceptors (Lipinski definition) is 2. The summed E-state index contributed by atoms with van der Waals surface area (Å²) in [5, 5.41) is 0. The standard InChI is InChI=1S/C12H12N2O/c1-2-14-7-12(13-9-14)11-5-3-4-10(6-11)8-15/h3-9H,2H2,1H3. The van der Waals surface area contributed by atoms with E-state index in [1.54, 1.807) is 12.4 Å². The molecule has 0 N–H and O–H groups in total. The second kappa shape index (κ2) is 4.09. The third-order valence-corrected chi connectivity index (χ3v) is 2.32. The van der Waals surface area contributed by atoms with Crippen LogP contribution in [0.15, 0.2) is 36.8 Å². The fourth-order valence-electron chi connectivity index (χ4n) is 1.45. The van der Waals surface area contributed by atoms with Crippen LogP contribution in [-0.2, 0) is 6.54 Å². The highest BCUT2D eigenvalue weighted by atomic mass is 16.1. The van der Waals surface area contributed by atoms with Crippen LogP contribution in [0.1, 0.15) is 17.3 Å². The van der Waals surface area contributed by atoms with Gasteiger partial charge in [-0.15, -0.1) is 0 Å². The van der Waals surface area contributed by atoms with Crippen molar-refractivity contribution in [2.45, 2.75) is 13.5 Å². The quantitative estimate of drug-likeness (QED) is 0.713. The number of aryl methyl sites for hydroxylation is 1. The van der Waals surface area contributed by atoms with Crippen molar-refractivity contribution >= 4 is 6.29 Å². The number of carbonyl (C=O) groups is 1. The van der Waals surface area contributed by atoms with Gasteiger partial charge in [-0.25, -0.2) is 4.98 Å². The van der Waals surface area contributed by atoms with Crippen molar-refractivity contribution in [2.75, 3.05) is 0 Å². The second-order valence-electron chi connectivity index (χ2n) is 3.33. The zero-order valence-electron chi connectivity index (χ0n) is 8.55. The van der Waals surface area contributed by atoms with Gasteiger partial charge in [0, 0.05) is 23.9 Å². The second-order valence-corrected chi connectivity index (χ2v) is 3.33. The maximum Gasteiger partial charge on any atom is 0.150 e. The predicted octanol–water partition coefficient (Wildman–Crippen LogP) is 2.38. The normalized spacial score (nSPS) is 10.2. The Bertz CT molecular complexity index is 474. The van der Waals surface area contributed by atoms with E-state index in [0.717, 1.165) is 24.1 Å². The summed E-state index contributed by atoms with van der Waals surface area (Å²) in [5.41, 5.74) is 2.56. The lowest BCUT2D eigenvalue weighted by molar-refractivity contribution is 0.112. The SMILES string of the molecule is CCn1cnc(-c2cccc(C=O)c2)c1. The molecule has 1 heterocycles. The maximum absolute atomic E-state index is 10.6. The van der Waals surface area contributed by atoms with Gasteiger partial charge in [-0.05, 0) is 13.0 Å². The minimum Gasteiger partial charge on any atom is -0.337 e. The minimum atomic E-state index is 0.679. The van der Waals surface area contributed by atoms with Crippen molar-refractivity contribution in [1.29, 1.82) is 0 Å².